The van der Waals surface area contributed by atoms with E-state index in [-0.39, 0.29) is 29.6 Å². The molecule has 3 amide bonds. The van der Waals surface area contributed by atoms with E-state index >= 15 is 0 Å². The third-order valence-electron chi connectivity index (χ3n) is 6.52. The van der Waals surface area contributed by atoms with E-state index in [9.17, 15) is 14.4 Å². The number of nitrogens with zero attached hydrogens (tertiary/aromatic N) is 3. The number of nitrogens with one attached hydrogen (secondary N) is 1. The lowest BCUT2D eigenvalue weighted by molar-refractivity contribution is -0.138. The molecule has 0 bridgehead atoms. The molecular formula is C22H30N4O3. The number of carbonyl (C=O) groups excluding carboxylic acids is 3. The average molecular weight is 399 g/mol. The Labute approximate surface area is 171 Å². The first-order valence-electron chi connectivity index (χ1n) is 10.8. The fourth-order valence-corrected chi connectivity index (χ4v) is 4.96. The number of piperidine rings is 1. The maximum absolute atomic E-state index is 13.1. The second kappa shape index (κ2) is 8.51. The standard InChI is InChI=1S/C22H30N4O3/c1-15-6-4-10-19(23-15)24-21(28)16-7-5-11-25(13-16)22(29)17-12-20(27)26(14-17)18-8-2-3-9-18/h4,6,10,16-18H,2-3,5,7-9,11-14H2,1H3,(H,23,24,28). The average Bonchev–Trinajstić information content (AvgIpc) is 3.37. The largest absolute Gasteiger partial charge is 0.342 e. The molecule has 0 radical (unpaired) electrons. The summed E-state index contributed by atoms with van der Waals surface area (Å²) in [5.41, 5.74) is 0.848. The number of pyridine rings is 1. The van der Waals surface area contributed by atoms with Crippen molar-refractivity contribution in [3.05, 3.63) is 23.9 Å². The van der Waals surface area contributed by atoms with Crippen LogP contribution in [-0.4, -0.2) is 58.2 Å². The Balaban J connectivity index is 1.34. The zero-order valence-corrected chi connectivity index (χ0v) is 17.1. The second-order valence-corrected chi connectivity index (χ2v) is 8.66. The van der Waals surface area contributed by atoms with Gasteiger partial charge in [0.05, 0.1) is 11.8 Å². The van der Waals surface area contributed by atoms with Crippen molar-refractivity contribution in [2.45, 2.75) is 57.9 Å². The summed E-state index contributed by atoms with van der Waals surface area (Å²) in [5.74, 6) is 0.112. The summed E-state index contributed by atoms with van der Waals surface area (Å²) in [4.78, 5) is 46.3. The number of aromatic nitrogens is 1. The summed E-state index contributed by atoms with van der Waals surface area (Å²) >= 11 is 0. The zero-order chi connectivity index (χ0) is 20.4. The molecule has 1 aliphatic carbocycles. The van der Waals surface area contributed by atoms with Crippen LogP contribution in [0.4, 0.5) is 5.82 Å². The minimum Gasteiger partial charge on any atom is -0.342 e. The molecule has 0 aromatic carbocycles. The molecule has 7 heteroatoms. The lowest BCUT2D eigenvalue weighted by Crippen LogP contribution is -2.46. The molecule has 3 aliphatic rings. The molecule has 7 nitrogen and oxygen atoms in total. The Morgan fingerprint density at radius 3 is 2.62 bits per heavy atom. The number of carbonyl (C=O) groups is 3. The van der Waals surface area contributed by atoms with Gasteiger partial charge in [-0.2, -0.15) is 0 Å². The van der Waals surface area contributed by atoms with Gasteiger partial charge in [0.25, 0.3) is 0 Å². The topological polar surface area (TPSA) is 82.6 Å². The van der Waals surface area contributed by atoms with E-state index in [2.05, 4.69) is 10.3 Å². The van der Waals surface area contributed by atoms with E-state index in [0.29, 0.717) is 37.9 Å². The van der Waals surface area contributed by atoms with E-state index in [4.69, 9.17) is 0 Å². The van der Waals surface area contributed by atoms with Crippen LogP contribution in [0.25, 0.3) is 0 Å². The van der Waals surface area contributed by atoms with E-state index in [0.717, 1.165) is 31.4 Å². The van der Waals surface area contributed by atoms with Gasteiger partial charge in [-0.05, 0) is 44.7 Å². The molecule has 29 heavy (non-hydrogen) atoms. The number of amides is 3. The van der Waals surface area contributed by atoms with Crippen LogP contribution < -0.4 is 5.32 Å². The number of aryl methyl sites for hydroxylation is 1. The van der Waals surface area contributed by atoms with Crippen molar-refractivity contribution in [2.75, 3.05) is 25.0 Å². The molecule has 1 saturated carbocycles. The van der Waals surface area contributed by atoms with Crippen LogP contribution in [0, 0.1) is 18.8 Å². The van der Waals surface area contributed by atoms with Gasteiger partial charge in [-0.3, -0.25) is 14.4 Å². The van der Waals surface area contributed by atoms with Crippen molar-refractivity contribution >= 4 is 23.5 Å². The number of anilines is 1. The van der Waals surface area contributed by atoms with Crippen molar-refractivity contribution in [3.63, 3.8) is 0 Å². The monoisotopic (exact) mass is 398 g/mol. The molecule has 1 aromatic rings. The summed E-state index contributed by atoms with van der Waals surface area (Å²) in [6.07, 6.45) is 6.35. The normalized spacial score (nSPS) is 25.5. The Hall–Kier alpha value is -2.44. The van der Waals surface area contributed by atoms with Gasteiger partial charge in [-0.15, -0.1) is 0 Å². The molecule has 3 fully saturated rings. The number of likely N-dealkylation sites (tertiary alicyclic amines) is 2. The highest BCUT2D eigenvalue weighted by molar-refractivity contribution is 5.93. The third kappa shape index (κ3) is 4.43. The van der Waals surface area contributed by atoms with Gasteiger partial charge in [-0.1, -0.05) is 18.9 Å². The Morgan fingerprint density at radius 2 is 1.86 bits per heavy atom. The van der Waals surface area contributed by atoms with Crippen molar-refractivity contribution < 1.29 is 14.4 Å². The van der Waals surface area contributed by atoms with Crippen LogP contribution in [-0.2, 0) is 14.4 Å². The highest BCUT2D eigenvalue weighted by atomic mass is 16.2. The van der Waals surface area contributed by atoms with Gasteiger partial charge in [0.2, 0.25) is 17.7 Å². The van der Waals surface area contributed by atoms with Gasteiger partial charge >= 0.3 is 0 Å². The highest BCUT2D eigenvalue weighted by Crippen LogP contribution is 2.31. The third-order valence-corrected chi connectivity index (χ3v) is 6.52. The van der Waals surface area contributed by atoms with E-state index in [1.165, 1.54) is 12.8 Å². The van der Waals surface area contributed by atoms with Gasteiger partial charge in [0.15, 0.2) is 0 Å². The number of hydrogen-bond donors (Lipinski definition) is 1. The maximum Gasteiger partial charge on any atom is 0.230 e. The van der Waals surface area contributed by atoms with Gasteiger partial charge < -0.3 is 15.1 Å². The predicted molar refractivity (Wildman–Crippen MR) is 109 cm³/mol. The minimum absolute atomic E-state index is 0.0324. The maximum atomic E-state index is 13.1. The van der Waals surface area contributed by atoms with E-state index in [1.54, 1.807) is 11.0 Å². The first kappa shape index (κ1) is 19.9. The first-order valence-corrected chi connectivity index (χ1v) is 10.8. The smallest absolute Gasteiger partial charge is 0.230 e. The lowest BCUT2D eigenvalue weighted by atomic mass is 9.95. The van der Waals surface area contributed by atoms with Crippen LogP contribution in [0.2, 0.25) is 0 Å². The van der Waals surface area contributed by atoms with Crippen molar-refractivity contribution in [2.24, 2.45) is 11.8 Å². The highest BCUT2D eigenvalue weighted by Gasteiger charge is 2.41. The fraction of sp³-hybridized carbons (Fsp3) is 0.636. The number of rotatable bonds is 4. The predicted octanol–water partition coefficient (Wildman–Crippen LogP) is 2.36. The van der Waals surface area contributed by atoms with Crippen molar-refractivity contribution in [1.82, 2.24) is 14.8 Å². The van der Waals surface area contributed by atoms with Crippen molar-refractivity contribution in [3.8, 4) is 0 Å². The summed E-state index contributed by atoms with van der Waals surface area (Å²) in [6, 6.07) is 5.84. The molecule has 2 aliphatic heterocycles. The molecule has 0 spiro atoms. The van der Waals surface area contributed by atoms with Gasteiger partial charge in [-0.25, -0.2) is 4.98 Å². The SMILES string of the molecule is Cc1cccc(NC(=O)C2CCCN(C(=O)C3CC(=O)N(C4CCCC4)C3)C2)n1. The summed E-state index contributed by atoms with van der Waals surface area (Å²) in [6.45, 7) is 3.52. The molecule has 4 rings (SSSR count). The van der Waals surface area contributed by atoms with Crippen LogP contribution in [0.15, 0.2) is 18.2 Å². The number of hydrogen-bond acceptors (Lipinski definition) is 4. The fourth-order valence-electron chi connectivity index (χ4n) is 4.96. The van der Waals surface area contributed by atoms with E-state index < -0.39 is 0 Å². The minimum atomic E-state index is -0.261. The first-order chi connectivity index (χ1) is 14.0. The quantitative estimate of drug-likeness (QED) is 0.844. The Kier molecular flexibility index (Phi) is 5.83. The van der Waals surface area contributed by atoms with Gasteiger partial charge in [0.1, 0.15) is 5.82 Å². The van der Waals surface area contributed by atoms with Crippen LogP contribution in [0.1, 0.15) is 50.6 Å². The van der Waals surface area contributed by atoms with Crippen LogP contribution in [0.5, 0.6) is 0 Å². The molecule has 156 valence electrons. The summed E-state index contributed by atoms with van der Waals surface area (Å²) in [7, 11) is 0. The van der Waals surface area contributed by atoms with Crippen LogP contribution in [0.3, 0.4) is 0 Å². The van der Waals surface area contributed by atoms with Crippen LogP contribution >= 0.6 is 0 Å². The van der Waals surface area contributed by atoms with Gasteiger partial charge in [0, 0.05) is 37.8 Å². The summed E-state index contributed by atoms with van der Waals surface area (Å²) < 4.78 is 0. The zero-order valence-electron chi connectivity index (χ0n) is 17.1. The molecule has 2 atom stereocenters. The summed E-state index contributed by atoms with van der Waals surface area (Å²) in [5, 5.41) is 2.88. The molecular weight excluding hydrogens is 368 g/mol. The molecule has 2 saturated heterocycles. The molecule has 1 N–H and O–H groups in total. The van der Waals surface area contributed by atoms with Crippen molar-refractivity contribution in [1.29, 1.82) is 0 Å². The molecule has 3 heterocycles. The Morgan fingerprint density at radius 1 is 1.07 bits per heavy atom. The molecule has 2 unspecified atom stereocenters. The lowest BCUT2D eigenvalue weighted by Gasteiger charge is -2.33. The van der Waals surface area contributed by atoms with E-state index in [1.807, 2.05) is 24.0 Å². The Bertz CT molecular complexity index is 790. The molecule has 1 aromatic heterocycles. The second-order valence-electron chi connectivity index (χ2n) is 8.66.